The lowest BCUT2D eigenvalue weighted by atomic mass is 10.1. The van der Waals surface area contributed by atoms with Gasteiger partial charge in [-0.15, -0.1) is 0 Å². The van der Waals surface area contributed by atoms with Gasteiger partial charge in [-0.3, -0.25) is 4.79 Å². The molecule has 0 aliphatic rings. The molecule has 0 saturated carbocycles. The van der Waals surface area contributed by atoms with Crippen molar-refractivity contribution in [3.63, 3.8) is 0 Å². The van der Waals surface area contributed by atoms with E-state index in [2.05, 4.69) is 9.97 Å². The van der Waals surface area contributed by atoms with Gasteiger partial charge < -0.3 is 0 Å². The third-order valence-corrected chi connectivity index (χ3v) is 2.99. The summed E-state index contributed by atoms with van der Waals surface area (Å²) in [6.07, 6.45) is 1.23. The number of carbonyl (C=O) groups is 1. The molecule has 0 radical (unpaired) electrons. The van der Waals surface area contributed by atoms with Gasteiger partial charge in [-0.05, 0) is 18.2 Å². The molecule has 2 rings (SSSR count). The van der Waals surface area contributed by atoms with Crippen LogP contribution < -0.4 is 0 Å². The maximum Gasteiger partial charge on any atom is 0.211 e. The summed E-state index contributed by atoms with van der Waals surface area (Å²) in [5.74, 6) is -0.284. The van der Waals surface area contributed by atoms with E-state index in [-0.39, 0.29) is 16.6 Å². The molecule has 1 aromatic heterocycles. The number of aromatic nitrogens is 2. The molecule has 17 heavy (non-hydrogen) atoms. The minimum Gasteiger partial charge on any atom is -0.287 e. The maximum absolute atomic E-state index is 12.0. The third-order valence-electron chi connectivity index (χ3n) is 2.05. The molecule has 3 nitrogen and oxygen atoms in total. The standard InChI is InChI=1S/C11H5Cl3N2O/c12-7-2-1-6(3-8(7)13)11(17)9-4-10(14)16-5-15-9/h1-5H. The number of ketones is 1. The Morgan fingerprint density at radius 3 is 2.41 bits per heavy atom. The molecule has 2 aromatic rings. The molecule has 1 heterocycles. The van der Waals surface area contributed by atoms with Gasteiger partial charge in [0.05, 0.1) is 10.0 Å². The van der Waals surface area contributed by atoms with Crippen LogP contribution in [0.2, 0.25) is 15.2 Å². The van der Waals surface area contributed by atoms with Crippen LogP contribution in [0.25, 0.3) is 0 Å². The van der Waals surface area contributed by atoms with Crippen LogP contribution in [-0.4, -0.2) is 15.8 Å². The second-order valence-electron chi connectivity index (χ2n) is 3.18. The highest BCUT2D eigenvalue weighted by molar-refractivity contribution is 6.42. The van der Waals surface area contributed by atoms with E-state index in [1.807, 2.05) is 0 Å². The van der Waals surface area contributed by atoms with Gasteiger partial charge in [0.1, 0.15) is 17.2 Å². The Morgan fingerprint density at radius 2 is 1.76 bits per heavy atom. The van der Waals surface area contributed by atoms with Crippen molar-refractivity contribution in [2.45, 2.75) is 0 Å². The lowest BCUT2D eigenvalue weighted by Gasteiger charge is -2.02. The molecule has 1 aromatic carbocycles. The van der Waals surface area contributed by atoms with E-state index in [9.17, 15) is 4.79 Å². The normalized spacial score (nSPS) is 10.3. The average molecular weight is 288 g/mol. The van der Waals surface area contributed by atoms with Gasteiger partial charge in [0.15, 0.2) is 0 Å². The zero-order valence-corrected chi connectivity index (χ0v) is 10.6. The number of hydrogen-bond donors (Lipinski definition) is 0. The van der Waals surface area contributed by atoms with Gasteiger partial charge in [-0.25, -0.2) is 9.97 Å². The minimum absolute atomic E-state index is 0.211. The quantitative estimate of drug-likeness (QED) is 0.625. The number of halogens is 3. The van der Waals surface area contributed by atoms with Crippen LogP contribution in [-0.2, 0) is 0 Å². The number of benzene rings is 1. The zero-order valence-electron chi connectivity index (χ0n) is 8.32. The van der Waals surface area contributed by atoms with Crippen LogP contribution in [0.1, 0.15) is 16.1 Å². The molecule has 0 aliphatic carbocycles. The Kier molecular flexibility index (Phi) is 3.62. The monoisotopic (exact) mass is 286 g/mol. The van der Waals surface area contributed by atoms with E-state index < -0.39 is 0 Å². The highest BCUT2D eigenvalue weighted by Gasteiger charge is 2.12. The van der Waals surface area contributed by atoms with Crippen molar-refractivity contribution in [1.82, 2.24) is 9.97 Å². The molecule has 86 valence electrons. The van der Waals surface area contributed by atoms with Crippen LogP contribution in [0.4, 0.5) is 0 Å². The number of carbonyl (C=O) groups excluding carboxylic acids is 1. The fraction of sp³-hybridized carbons (Fsp3) is 0. The first-order chi connectivity index (χ1) is 8.08. The van der Waals surface area contributed by atoms with Crippen LogP contribution in [0, 0.1) is 0 Å². The Bertz CT molecular complexity index is 587. The van der Waals surface area contributed by atoms with Crippen molar-refractivity contribution in [1.29, 1.82) is 0 Å². The number of hydrogen-bond acceptors (Lipinski definition) is 3. The van der Waals surface area contributed by atoms with Crippen molar-refractivity contribution in [3.05, 3.63) is 57.0 Å². The fourth-order valence-electron chi connectivity index (χ4n) is 1.24. The number of rotatable bonds is 2. The Hall–Kier alpha value is -1.16. The highest BCUT2D eigenvalue weighted by Crippen LogP contribution is 2.23. The summed E-state index contributed by atoms with van der Waals surface area (Å²) in [7, 11) is 0. The summed E-state index contributed by atoms with van der Waals surface area (Å²) < 4.78 is 0. The molecule has 0 unspecified atom stereocenters. The SMILES string of the molecule is O=C(c1ccc(Cl)c(Cl)c1)c1cc(Cl)ncn1. The van der Waals surface area contributed by atoms with Crippen molar-refractivity contribution < 1.29 is 4.79 Å². The van der Waals surface area contributed by atoms with Crippen LogP contribution >= 0.6 is 34.8 Å². The molecule has 0 N–H and O–H groups in total. The predicted octanol–water partition coefficient (Wildman–Crippen LogP) is 3.67. The van der Waals surface area contributed by atoms with E-state index in [1.165, 1.54) is 18.5 Å². The summed E-state index contributed by atoms with van der Waals surface area (Å²) in [5.41, 5.74) is 0.609. The summed E-state index contributed by atoms with van der Waals surface area (Å²) in [6.45, 7) is 0. The molecule has 0 bridgehead atoms. The molecule has 0 amide bonds. The summed E-state index contributed by atoms with van der Waals surface area (Å²) in [4.78, 5) is 19.6. The minimum atomic E-state index is -0.284. The Labute approximate surface area is 112 Å². The van der Waals surface area contributed by atoms with Gasteiger partial charge in [0.25, 0.3) is 0 Å². The Morgan fingerprint density at radius 1 is 1.00 bits per heavy atom. The van der Waals surface area contributed by atoms with E-state index >= 15 is 0 Å². The van der Waals surface area contributed by atoms with E-state index in [0.717, 1.165) is 0 Å². The molecule has 0 fully saturated rings. The molecule has 0 saturated heterocycles. The van der Waals surface area contributed by atoms with Gasteiger partial charge in [-0.2, -0.15) is 0 Å². The summed E-state index contributed by atoms with van der Waals surface area (Å²) in [5, 5.41) is 0.921. The first kappa shape index (κ1) is 12.3. The first-order valence-corrected chi connectivity index (χ1v) is 5.68. The molecule has 6 heteroatoms. The van der Waals surface area contributed by atoms with E-state index in [0.29, 0.717) is 15.6 Å². The summed E-state index contributed by atoms with van der Waals surface area (Å²) in [6, 6.07) is 6.01. The zero-order chi connectivity index (χ0) is 12.4. The first-order valence-electron chi connectivity index (χ1n) is 4.55. The third kappa shape index (κ3) is 2.75. The van der Waals surface area contributed by atoms with Gasteiger partial charge in [0, 0.05) is 11.6 Å². The highest BCUT2D eigenvalue weighted by atomic mass is 35.5. The van der Waals surface area contributed by atoms with Crippen LogP contribution in [0.15, 0.2) is 30.6 Å². The lowest BCUT2D eigenvalue weighted by Crippen LogP contribution is -2.04. The van der Waals surface area contributed by atoms with Crippen molar-refractivity contribution in [2.24, 2.45) is 0 Å². The second kappa shape index (κ2) is 5.00. The maximum atomic E-state index is 12.0. The van der Waals surface area contributed by atoms with E-state index in [1.54, 1.807) is 12.1 Å². The molecule has 0 spiro atoms. The summed E-state index contributed by atoms with van der Waals surface area (Å²) >= 11 is 17.3. The van der Waals surface area contributed by atoms with Crippen molar-refractivity contribution in [3.8, 4) is 0 Å². The molecular formula is C11H5Cl3N2O. The van der Waals surface area contributed by atoms with Crippen molar-refractivity contribution >= 4 is 40.6 Å². The molecule has 0 atom stereocenters. The van der Waals surface area contributed by atoms with Gasteiger partial charge in [-0.1, -0.05) is 34.8 Å². The molecule has 0 aliphatic heterocycles. The topological polar surface area (TPSA) is 42.9 Å². The molecular weight excluding hydrogens is 282 g/mol. The average Bonchev–Trinajstić information content (AvgIpc) is 2.32. The largest absolute Gasteiger partial charge is 0.287 e. The second-order valence-corrected chi connectivity index (χ2v) is 4.39. The van der Waals surface area contributed by atoms with E-state index in [4.69, 9.17) is 34.8 Å². The smallest absolute Gasteiger partial charge is 0.211 e. The number of nitrogens with zero attached hydrogens (tertiary/aromatic N) is 2. The van der Waals surface area contributed by atoms with Gasteiger partial charge in [0.2, 0.25) is 5.78 Å². The van der Waals surface area contributed by atoms with Gasteiger partial charge >= 0.3 is 0 Å². The lowest BCUT2D eigenvalue weighted by molar-refractivity contribution is 0.103. The fourth-order valence-corrected chi connectivity index (χ4v) is 1.69. The Balaban J connectivity index is 2.40. The van der Waals surface area contributed by atoms with Crippen LogP contribution in [0.5, 0.6) is 0 Å². The predicted molar refractivity (Wildman–Crippen MR) is 66.9 cm³/mol. The van der Waals surface area contributed by atoms with Crippen LogP contribution in [0.3, 0.4) is 0 Å². The van der Waals surface area contributed by atoms with Crippen molar-refractivity contribution in [2.75, 3.05) is 0 Å².